The van der Waals surface area contributed by atoms with Gasteiger partial charge >= 0.3 is 6.11 Å². The zero-order valence-corrected chi connectivity index (χ0v) is 19.9. The van der Waals surface area contributed by atoms with Crippen LogP contribution in [0.15, 0.2) is 60.0 Å². The first-order valence-electron chi connectivity index (χ1n) is 11.4. The van der Waals surface area contributed by atoms with Gasteiger partial charge in [0.2, 0.25) is 0 Å². The van der Waals surface area contributed by atoms with Gasteiger partial charge < -0.3 is 4.74 Å². The molecule has 180 valence electrons. The first-order chi connectivity index (χ1) is 16.8. The Labute approximate surface area is 205 Å². The van der Waals surface area contributed by atoms with Crippen molar-refractivity contribution in [3.63, 3.8) is 0 Å². The molecule has 0 unspecified atom stereocenters. The minimum Gasteiger partial charge on any atom is -0.433 e. The van der Waals surface area contributed by atoms with Crippen LogP contribution in [0.5, 0.6) is 5.75 Å². The third-order valence-corrected chi connectivity index (χ3v) is 6.55. The summed E-state index contributed by atoms with van der Waals surface area (Å²) in [6.07, 6.45) is -0.858. The molecule has 0 aliphatic carbocycles. The zero-order chi connectivity index (χ0) is 24.4. The second kappa shape index (κ2) is 9.67. The highest BCUT2D eigenvalue weighted by atomic mass is 32.1. The van der Waals surface area contributed by atoms with E-state index in [2.05, 4.69) is 19.9 Å². The number of para-hydroxylation sites is 1. The van der Waals surface area contributed by atoms with Crippen molar-refractivity contribution in [1.82, 2.24) is 14.9 Å². The van der Waals surface area contributed by atoms with Gasteiger partial charge in [0.1, 0.15) is 5.75 Å². The predicted molar refractivity (Wildman–Crippen MR) is 133 cm³/mol. The van der Waals surface area contributed by atoms with Crippen molar-refractivity contribution in [2.75, 3.05) is 18.4 Å². The Morgan fingerprint density at radius 3 is 2.71 bits per heavy atom. The predicted octanol–water partition coefficient (Wildman–Crippen LogP) is 6.20. The highest BCUT2D eigenvalue weighted by Crippen LogP contribution is 2.29. The van der Waals surface area contributed by atoms with Gasteiger partial charge in [0.25, 0.3) is 5.91 Å². The minimum absolute atomic E-state index is 0.0384. The summed E-state index contributed by atoms with van der Waals surface area (Å²) in [6, 6.07) is 15.4. The average Bonchev–Trinajstić information content (AvgIpc) is 3.50. The Hall–Kier alpha value is -3.43. The van der Waals surface area contributed by atoms with E-state index in [0.29, 0.717) is 34.4 Å². The fourth-order valence-corrected chi connectivity index (χ4v) is 4.88. The lowest BCUT2D eigenvalue weighted by Gasteiger charge is -2.14. The summed E-state index contributed by atoms with van der Waals surface area (Å²) in [5, 5.41) is 6.21. The van der Waals surface area contributed by atoms with Gasteiger partial charge in [0.05, 0.1) is 22.5 Å². The number of hydrogen-bond acceptors (Lipinski definition) is 6. The van der Waals surface area contributed by atoms with Crippen LogP contribution >= 0.6 is 11.3 Å². The number of amides is 1. The monoisotopic (exact) mass is 494 g/mol. The first-order valence-corrected chi connectivity index (χ1v) is 12.3. The highest BCUT2D eigenvalue weighted by molar-refractivity contribution is 7.14. The number of likely N-dealkylation sites (tertiary alicyclic amines) is 1. The molecular weight excluding hydrogens is 470 g/mol. The molecule has 2 aromatic heterocycles. The van der Waals surface area contributed by atoms with Crippen LogP contribution in [0.3, 0.4) is 0 Å². The Kier molecular flexibility index (Phi) is 6.44. The third kappa shape index (κ3) is 5.63. The maximum Gasteiger partial charge on any atom is 0.394 e. The van der Waals surface area contributed by atoms with Crippen LogP contribution in [0.4, 0.5) is 13.9 Å². The molecule has 0 atom stereocenters. The number of halogens is 2. The van der Waals surface area contributed by atoms with Crippen LogP contribution in [0.1, 0.15) is 35.8 Å². The summed E-state index contributed by atoms with van der Waals surface area (Å²) in [7, 11) is 0. The van der Waals surface area contributed by atoms with E-state index >= 15 is 0 Å². The van der Waals surface area contributed by atoms with Crippen LogP contribution in [-0.2, 0) is 6.54 Å². The average molecular weight is 495 g/mol. The molecule has 1 fully saturated rings. The van der Waals surface area contributed by atoms with Crippen molar-refractivity contribution in [3.8, 4) is 17.0 Å². The topological polar surface area (TPSA) is 67.3 Å². The number of ether oxygens (including phenoxy) is 1. The number of benzene rings is 2. The molecule has 4 aromatic rings. The Balaban J connectivity index is 1.39. The Morgan fingerprint density at radius 2 is 1.91 bits per heavy atom. The van der Waals surface area contributed by atoms with Crippen molar-refractivity contribution in [2.24, 2.45) is 0 Å². The summed E-state index contributed by atoms with van der Waals surface area (Å²) in [5.41, 5.74) is 3.03. The Bertz CT molecular complexity index is 1360. The lowest BCUT2D eigenvalue weighted by atomic mass is 10.1. The number of fused-ring (bicyclic) bond motifs is 1. The van der Waals surface area contributed by atoms with Gasteiger partial charge in [-0.2, -0.15) is 8.78 Å². The van der Waals surface area contributed by atoms with E-state index in [-0.39, 0.29) is 11.7 Å². The molecule has 6 nitrogen and oxygen atoms in total. The summed E-state index contributed by atoms with van der Waals surface area (Å²) in [4.78, 5) is 24.8. The van der Waals surface area contributed by atoms with Crippen molar-refractivity contribution >= 4 is 33.3 Å². The fourth-order valence-electron chi connectivity index (χ4n) is 4.19. The summed E-state index contributed by atoms with van der Waals surface area (Å²) in [5.74, 6) is -0.263. The van der Waals surface area contributed by atoms with Gasteiger partial charge in [0, 0.05) is 29.8 Å². The Morgan fingerprint density at radius 1 is 1.11 bits per heavy atom. The smallest absolute Gasteiger partial charge is 0.394 e. The molecule has 2 aromatic carbocycles. The molecule has 9 heteroatoms. The number of rotatable bonds is 7. The number of carbonyl (C=O) groups is 1. The van der Waals surface area contributed by atoms with Gasteiger partial charge in [-0.1, -0.05) is 30.3 Å². The van der Waals surface area contributed by atoms with E-state index in [1.807, 2.05) is 17.5 Å². The lowest BCUT2D eigenvalue weighted by Crippen LogP contribution is -2.19. The molecular formula is C26H24F2N4O2S. The van der Waals surface area contributed by atoms with Crippen LogP contribution < -0.4 is 10.1 Å². The number of pyridine rings is 1. The standard InChI is InChI=1S/C26H24F2N4O2S/c1-26(27,28)34-20-8-4-7-18(14-20)22-11-10-17-6-5-9-21(23(17)30-22)24(33)31-25-29-19(16-35-25)15-32-12-2-3-13-32/h4-11,14,16H,2-3,12-13,15H2,1H3,(H,29,31,33). The summed E-state index contributed by atoms with van der Waals surface area (Å²) < 4.78 is 31.3. The van der Waals surface area contributed by atoms with E-state index in [9.17, 15) is 13.6 Å². The molecule has 3 heterocycles. The lowest BCUT2D eigenvalue weighted by molar-refractivity contribution is -0.158. The van der Waals surface area contributed by atoms with E-state index in [1.165, 1.54) is 36.3 Å². The van der Waals surface area contributed by atoms with Gasteiger partial charge in [0.15, 0.2) is 5.13 Å². The number of thiazole rings is 1. The molecule has 0 radical (unpaired) electrons. The maximum absolute atomic E-state index is 13.3. The molecule has 0 saturated carbocycles. The van der Waals surface area contributed by atoms with Crippen molar-refractivity contribution in [3.05, 3.63) is 71.2 Å². The summed E-state index contributed by atoms with van der Waals surface area (Å²) >= 11 is 1.40. The fraction of sp³-hybridized carbons (Fsp3) is 0.269. The maximum atomic E-state index is 13.3. The molecule has 35 heavy (non-hydrogen) atoms. The number of hydrogen-bond donors (Lipinski definition) is 1. The highest BCUT2D eigenvalue weighted by Gasteiger charge is 2.23. The van der Waals surface area contributed by atoms with Crippen LogP contribution in [0, 0.1) is 0 Å². The van der Waals surface area contributed by atoms with E-state index in [1.54, 1.807) is 30.3 Å². The van der Waals surface area contributed by atoms with Crippen LogP contribution in [0.2, 0.25) is 0 Å². The molecule has 1 aliphatic rings. The quantitative estimate of drug-likeness (QED) is 0.331. The molecule has 1 saturated heterocycles. The summed E-state index contributed by atoms with van der Waals surface area (Å²) in [6.45, 7) is 3.65. The van der Waals surface area contributed by atoms with E-state index in [4.69, 9.17) is 4.98 Å². The minimum atomic E-state index is -3.29. The second-order valence-corrected chi connectivity index (χ2v) is 9.45. The SMILES string of the molecule is CC(F)(F)Oc1cccc(-c2ccc3cccc(C(=O)Nc4nc(CN5CCCC5)cs4)c3n2)c1. The van der Waals surface area contributed by atoms with Gasteiger partial charge in [-0.25, -0.2) is 9.97 Å². The molecule has 0 bridgehead atoms. The molecule has 1 N–H and O–H groups in total. The number of nitrogens with zero attached hydrogens (tertiary/aromatic N) is 3. The molecule has 1 aliphatic heterocycles. The van der Waals surface area contributed by atoms with E-state index < -0.39 is 6.11 Å². The van der Waals surface area contributed by atoms with E-state index in [0.717, 1.165) is 30.7 Å². The first kappa shape index (κ1) is 23.3. The number of nitrogens with one attached hydrogen (secondary N) is 1. The molecule has 1 amide bonds. The van der Waals surface area contributed by atoms with Crippen LogP contribution in [0.25, 0.3) is 22.2 Å². The van der Waals surface area contributed by atoms with Crippen LogP contribution in [-0.4, -0.2) is 40.0 Å². The van der Waals surface area contributed by atoms with Crippen molar-refractivity contribution < 1.29 is 18.3 Å². The normalized spacial score (nSPS) is 14.4. The second-order valence-electron chi connectivity index (χ2n) is 8.59. The van der Waals surface area contributed by atoms with Gasteiger partial charge in [-0.15, -0.1) is 11.3 Å². The van der Waals surface area contributed by atoms with Gasteiger partial charge in [-0.3, -0.25) is 15.0 Å². The number of aromatic nitrogens is 2. The molecule has 5 rings (SSSR count). The number of carbonyl (C=O) groups excluding carboxylic acids is 1. The van der Waals surface area contributed by atoms with Crippen molar-refractivity contribution in [2.45, 2.75) is 32.4 Å². The third-order valence-electron chi connectivity index (χ3n) is 5.75. The largest absolute Gasteiger partial charge is 0.433 e. The number of alkyl halides is 2. The zero-order valence-electron chi connectivity index (χ0n) is 19.1. The van der Waals surface area contributed by atoms with Gasteiger partial charge in [-0.05, 0) is 50.2 Å². The number of anilines is 1. The molecule has 0 spiro atoms. The van der Waals surface area contributed by atoms with Crippen molar-refractivity contribution in [1.29, 1.82) is 0 Å².